The van der Waals surface area contributed by atoms with Gasteiger partial charge in [0.25, 0.3) is 0 Å². The van der Waals surface area contributed by atoms with Crippen LogP contribution in [0.3, 0.4) is 0 Å². The molecule has 2 heterocycles. The van der Waals surface area contributed by atoms with E-state index in [1.807, 2.05) is 4.90 Å². The number of carbonyl (C=O) groups excluding carboxylic acids is 2. The summed E-state index contributed by atoms with van der Waals surface area (Å²) >= 11 is 0. The molecule has 6 nitrogen and oxygen atoms in total. The molecule has 2 saturated heterocycles. The summed E-state index contributed by atoms with van der Waals surface area (Å²) in [5.41, 5.74) is 0. The van der Waals surface area contributed by atoms with Crippen LogP contribution in [0.5, 0.6) is 0 Å². The Morgan fingerprint density at radius 2 is 1.62 bits per heavy atom. The lowest BCUT2D eigenvalue weighted by Crippen LogP contribution is -2.48. The molecule has 3 fully saturated rings. The van der Waals surface area contributed by atoms with Gasteiger partial charge in [-0.1, -0.05) is 25.7 Å². The van der Waals surface area contributed by atoms with Crippen molar-refractivity contribution >= 4 is 11.9 Å². The van der Waals surface area contributed by atoms with Crippen molar-refractivity contribution in [2.75, 3.05) is 32.7 Å². The Morgan fingerprint density at radius 1 is 0.897 bits per heavy atom. The minimum Gasteiger partial charge on any atom is -0.356 e. The number of piperidine rings is 2. The summed E-state index contributed by atoms with van der Waals surface area (Å²) in [6, 6.07) is 1.17. The molecule has 0 radical (unpaired) electrons. The van der Waals surface area contributed by atoms with Crippen molar-refractivity contribution < 1.29 is 9.59 Å². The van der Waals surface area contributed by atoms with Crippen molar-refractivity contribution in [1.29, 1.82) is 0 Å². The third-order valence-electron chi connectivity index (χ3n) is 7.19. The maximum atomic E-state index is 12.5. The van der Waals surface area contributed by atoms with Crippen LogP contribution in [-0.4, -0.2) is 66.5 Å². The maximum Gasteiger partial charge on any atom is 0.317 e. The van der Waals surface area contributed by atoms with E-state index in [0.717, 1.165) is 58.3 Å². The first-order valence-corrected chi connectivity index (χ1v) is 12.2. The number of rotatable bonds is 7. The molecule has 2 aliphatic heterocycles. The molecule has 6 heteroatoms. The zero-order valence-corrected chi connectivity index (χ0v) is 18.5. The number of hydrogen-bond donors (Lipinski definition) is 2. The smallest absolute Gasteiger partial charge is 0.317 e. The van der Waals surface area contributed by atoms with Crippen LogP contribution >= 0.6 is 0 Å². The minimum atomic E-state index is 0.103. The Balaban J connectivity index is 1.25. The second-order valence-electron chi connectivity index (χ2n) is 9.50. The van der Waals surface area contributed by atoms with Crippen molar-refractivity contribution in [3.63, 3.8) is 0 Å². The molecule has 1 aliphatic carbocycles. The number of nitrogens with one attached hydrogen (secondary N) is 2. The van der Waals surface area contributed by atoms with Crippen LogP contribution in [0.4, 0.5) is 4.79 Å². The van der Waals surface area contributed by atoms with Crippen molar-refractivity contribution in [3.05, 3.63) is 0 Å². The van der Waals surface area contributed by atoms with Crippen LogP contribution in [0.1, 0.15) is 84.0 Å². The predicted octanol–water partition coefficient (Wildman–Crippen LogP) is 3.51. The molecular weight excluding hydrogens is 364 g/mol. The van der Waals surface area contributed by atoms with Crippen LogP contribution in [0.15, 0.2) is 0 Å². The molecule has 1 saturated carbocycles. The average Bonchev–Trinajstić information content (AvgIpc) is 2.73. The molecule has 0 aromatic heterocycles. The van der Waals surface area contributed by atoms with E-state index in [-0.39, 0.29) is 11.9 Å². The standard InChI is InChI=1S/C23H42N4O2/c1-19-8-5-6-14-26(19)15-7-13-24-22(28)18-20-11-16-27(17-12-20)23(29)25-21-9-3-2-4-10-21/h19-21H,2-18H2,1H3,(H,24,28)(H,25,29)/t19-/m0/s1. The van der Waals surface area contributed by atoms with Gasteiger partial charge in [0.05, 0.1) is 0 Å². The zero-order chi connectivity index (χ0) is 20.5. The summed E-state index contributed by atoms with van der Waals surface area (Å²) in [6.45, 7) is 6.97. The first-order chi connectivity index (χ1) is 14.1. The number of hydrogen-bond acceptors (Lipinski definition) is 3. The van der Waals surface area contributed by atoms with Crippen molar-refractivity contribution in [3.8, 4) is 0 Å². The summed E-state index contributed by atoms with van der Waals surface area (Å²) in [7, 11) is 0. The summed E-state index contributed by atoms with van der Waals surface area (Å²) in [4.78, 5) is 29.2. The predicted molar refractivity (Wildman–Crippen MR) is 117 cm³/mol. The van der Waals surface area contributed by atoms with E-state index in [0.29, 0.717) is 24.4 Å². The third kappa shape index (κ3) is 7.47. The maximum absolute atomic E-state index is 12.5. The summed E-state index contributed by atoms with van der Waals surface area (Å²) < 4.78 is 0. The van der Waals surface area contributed by atoms with E-state index in [1.165, 1.54) is 45.1 Å². The van der Waals surface area contributed by atoms with Gasteiger partial charge in [0, 0.05) is 44.7 Å². The van der Waals surface area contributed by atoms with E-state index in [9.17, 15) is 9.59 Å². The van der Waals surface area contributed by atoms with Crippen molar-refractivity contribution in [2.24, 2.45) is 5.92 Å². The molecule has 3 amide bonds. The van der Waals surface area contributed by atoms with Gasteiger partial charge in [-0.2, -0.15) is 0 Å². The number of nitrogens with zero attached hydrogens (tertiary/aromatic N) is 2. The van der Waals surface area contributed by atoms with E-state index in [4.69, 9.17) is 0 Å². The second-order valence-corrected chi connectivity index (χ2v) is 9.50. The highest BCUT2D eigenvalue weighted by Gasteiger charge is 2.26. The molecular formula is C23H42N4O2. The first-order valence-electron chi connectivity index (χ1n) is 12.2. The zero-order valence-electron chi connectivity index (χ0n) is 18.5. The monoisotopic (exact) mass is 406 g/mol. The Labute approximate surface area is 177 Å². The quantitative estimate of drug-likeness (QED) is 0.636. The molecule has 166 valence electrons. The molecule has 2 N–H and O–H groups in total. The van der Waals surface area contributed by atoms with Crippen molar-refractivity contribution in [1.82, 2.24) is 20.4 Å². The van der Waals surface area contributed by atoms with E-state index in [2.05, 4.69) is 22.5 Å². The van der Waals surface area contributed by atoms with Gasteiger partial charge in [-0.15, -0.1) is 0 Å². The second kappa shape index (κ2) is 11.8. The van der Waals surface area contributed by atoms with E-state index in [1.54, 1.807) is 0 Å². The summed E-state index contributed by atoms with van der Waals surface area (Å²) in [5, 5.41) is 6.33. The molecule has 3 aliphatic rings. The van der Waals surface area contributed by atoms with E-state index < -0.39 is 0 Å². The van der Waals surface area contributed by atoms with Gasteiger partial charge in [0.1, 0.15) is 0 Å². The van der Waals surface area contributed by atoms with Crippen LogP contribution < -0.4 is 10.6 Å². The lowest BCUT2D eigenvalue weighted by atomic mass is 9.93. The fraction of sp³-hybridized carbons (Fsp3) is 0.913. The molecule has 0 unspecified atom stereocenters. The van der Waals surface area contributed by atoms with Crippen molar-refractivity contribution in [2.45, 2.75) is 96.1 Å². The molecule has 3 rings (SSSR count). The van der Waals surface area contributed by atoms with Gasteiger partial charge >= 0.3 is 6.03 Å². The molecule has 0 spiro atoms. The van der Waals surface area contributed by atoms with Gasteiger partial charge in [-0.25, -0.2) is 4.79 Å². The first kappa shape index (κ1) is 22.4. The summed E-state index contributed by atoms with van der Waals surface area (Å²) in [6.07, 6.45) is 13.5. The Hall–Kier alpha value is -1.30. The van der Waals surface area contributed by atoms with Crippen LogP contribution in [-0.2, 0) is 4.79 Å². The number of carbonyl (C=O) groups is 2. The SMILES string of the molecule is C[C@H]1CCCCN1CCCNC(=O)CC1CCN(C(=O)NC2CCCCC2)CC1. The molecule has 29 heavy (non-hydrogen) atoms. The minimum absolute atomic E-state index is 0.103. The fourth-order valence-corrected chi connectivity index (χ4v) is 5.19. The Kier molecular flexibility index (Phi) is 9.09. The van der Waals surface area contributed by atoms with Crippen LogP contribution in [0.2, 0.25) is 0 Å². The van der Waals surface area contributed by atoms with Gasteiger partial charge in [0.2, 0.25) is 5.91 Å². The third-order valence-corrected chi connectivity index (χ3v) is 7.19. The summed E-state index contributed by atoms with van der Waals surface area (Å²) in [5.74, 6) is 0.595. The van der Waals surface area contributed by atoms with Gasteiger partial charge in [0.15, 0.2) is 0 Å². The lowest BCUT2D eigenvalue weighted by molar-refractivity contribution is -0.122. The number of urea groups is 1. The van der Waals surface area contributed by atoms with Gasteiger partial charge in [-0.3, -0.25) is 4.79 Å². The van der Waals surface area contributed by atoms with E-state index >= 15 is 0 Å². The van der Waals surface area contributed by atoms with Crippen LogP contribution in [0.25, 0.3) is 0 Å². The fourth-order valence-electron chi connectivity index (χ4n) is 5.19. The largest absolute Gasteiger partial charge is 0.356 e. The number of amides is 3. The lowest BCUT2D eigenvalue weighted by Gasteiger charge is -2.34. The normalized spacial score (nSPS) is 25.0. The molecule has 0 aromatic carbocycles. The highest BCUT2D eigenvalue weighted by molar-refractivity contribution is 5.76. The average molecular weight is 407 g/mol. The highest BCUT2D eigenvalue weighted by atomic mass is 16.2. The Bertz CT molecular complexity index is 513. The number of likely N-dealkylation sites (tertiary alicyclic amines) is 2. The van der Waals surface area contributed by atoms with Gasteiger partial charge in [-0.05, 0) is 64.3 Å². The molecule has 0 aromatic rings. The molecule has 0 bridgehead atoms. The van der Waals surface area contributed by atoms with Gasteiger partial charge < -0.3 is 20.4 Å². The Morgan fingerprint density at radius 3 is 2.34 bits per heavy atom. The molecule has 1 atom stereocenters. The topological polar surface area (TPSA) is 64.7 Å². The van der Waals surface area contributed by atoms with Crippen LogP contribution in [0, 0.1) is 5.92 Å². The highest BCUT2D eigenvalue weighted by Crippen LogP contribution is 2.22.